The number of rotatable bonds is 10. The molecule has 0 aromatic heterocycles. The van der Waals surface area contributed by atoms with Gasteiger partial charge in [0.1, 0.15) is 0 Å². The van der Waals surface area contributed by atoms with Gasteiger partial charge in [-0.3, -0.25) is 0 Å². The van der Waals surface area contributed by atoms with Crippen molar-refractivity contribution in [2.45, 2.75) is 57.5 Å². The molecule has 2 aliphatic rings. The van der Waals surface area contributed by atoms with Gasteiger partial charge in [-0.15, -0.1) is 0 Å². The Labute approximate surface area is 206 Å². The zero-order valence-corrected chi connectivity index (χ0v) is 21.4. The van der Waals surface area contributed by atoms with E-state index < -0.39 is 29.9 Å². The molecule has 0 saturated carbocycles. The maximum atomic E-state index is 13.3. The van der Waals surface area contributed by atoms with Crippen LogP contribution in [0.3, 0.4) is 0 Å². The highest BCUT2D eigenvalue weighted by Gasteiger charge is 2.26. The lowest BCUT2D eigenvalue weighted by atomic mass is 10.2. The lowest BCUT2D eigenvalue weighted by Crippen LogP contribution is -2.32. The van der Waals surface area contributed by atoms with E-state index >= 15 is 0 Å². The number of ether oxygens (including phenoxy) is 2. The van der Waals surface area contributed by atoms with Crippen LogP contribution in [0.2, 0.25) is 0 Å². The highest BCUT2D eigenvalue weighted by Crippen LogP contribution is 2.25. The summed E-state index contributed by atoms with van der Waals surface area (Å²) in [7, 11) is -12.1. The molecule has 35 heavy (non-hydrogen) atoms. The molecule has 0 bridgehead atoms. The first-order valence-electron chi connectivity index (χ1n) is 11.3. The molecular formula is C22H28N2O8S3. The number of nitrogens with one attached hydrogen (secondary N) is 2. The Bertz CT molecular complexity index is 1260. The maximum Gasteiger partial charge on any atom is 0.240 e. The van der Waals surface area contributed by atoms with Crippen molar-refractivity contribution in [3.05, 3.63) is 48.5 Å². The summed E-state index contributed by atoms with van der Waals surface area (Å²) in [5, 5.41) is 0. The van der Waals surface area contributed by atoms with Gasteiger partial charge in [-0.1, -0.05) is 12.1 Å². The third-order valence-corrected chi connectivity index (χ3v) is 10.5. The van der Waals surface area contributed by atoms with Gasteiger partial charge in [-0.25, -0.2) is 34.7 Å². The van der Waals surface area contributed by atoms with Crippen molar-refractivity contribution < 1.29 is 34.7 Å². The lowest BCUT2D eigenvalue weighted by Gasteiger charge is -2.13. The topological polar surface area (TPSA) is 145 Å². The number of benzene rings is 2. The van der Waals surface area contributed by atoms with Gasteiger partial charge in [0, 0.05) is 26.3 Å². The Morgan fingerprint density at radius 1 is 0.657 bits per heavy atom. The SMILES string of the molecule is O=S(=O)(NCC1CCCO1)c1cccc(S(=O)(=O)c2cccc(S(=O)(=O)NCC3CCCO3)c2)c1. The summed E-state index contributed by atoms with van der Waals surface area (Å²) in [5.74, 6) is 0. The van der Waals surface area contributed by atoms with Crippen molar-refractivity contribution in [2.75, 3.05) is 26.3 Å². The van der Waals surface area contributed by atoms with Gasteiger partial charge in [0.15, 0.2) is 0 Å². The van der Waals surface area contributed by atoms with Gasteiger partial charge in [0.25, 0.3) is 0 Å². The van der Waals surface area contributed by atoms with E-state index in [9.17, 15) is 25.3 Å². The standard InChI is InChI=1S/C22H28N2O8S3/c25-33(26,19-7-1-9-21(13-19)34(27,28)23-15-17-5-3-11-31-17)20-8-2-10-22(14-20)35(29,30)24-16-18-6-4-12-32-18/h1-2,7-10,13-14,17-18,23-24H,3-6,11-12,15-16H2. The Morgan fingerprint density at radius 3 is 1.43 bits per heavy atom. The molecule has 2 fully saturated rings. The first kappa shape index (κ1) is 26.2. The van der Waals surface area contributed by atoms with Gasteiger partial charge in [0.2, 0.25) is 29.9 Å². The van der Waals surface area contributed by atoms with Crippen molar-refractivity contribution in [1.29, 1.82) is 0 Å². The van der Waals surface area contributed by atoms with Crippen LogP contribution in [0.4, 0.5) is 0 Å². The molecule has 10 nitrogen and oxygen atoms in total. The van der Waals surface area contributed by atoms with Crippen LogP contribution in [-0.2, 0) is 39.4 Å². The molecule has 2 heterocycles. The molecule has 2 unspecified atom stereocenters. The molecule has 2 atom stereocenters. The first-order valence-corrected chi connectivity index (χ1v) is 15.7. The molecule has 4 rings (SSSR count). The molecule has 0 aliphatic carbocycles. The van der Waals surface area contributed by atoms with Crippen LogP contribution in [0.1, 0.15) is 25.7 Å². The molecule has 2 saturated heterocycles. The molecule has 0 radical (unpaired) electrons. The molecule has 2 aromatic rings. The van der Waals surface area contributed by atoms with Crippen molar-refractivity contribution in [1.82, 2.24) is 9.44 Å². The van der Waals surface area contributed by atoms with Crippen molar-refractivity contribution in [3.63, 3.8) is 0 Å². The van der Waals surface area contributed by atoms with E-state index in [2.05, 4.69) is 9.44 Å². The highest BCUT2D eigenvalue weighted by atomic mass is 32.2. The fourth-order valence-corrected chi connectivity index (χ4v) is 7.66. The van der Waals surface area contributed by atoms with E-state index in [0.29, 0.717) is 13.2 Å². The van der Waals surface area contributed by atoms with Crippen LogP contribution in [0.25, 0.3) is 0 Å². The van der Waals surface area contributed by atoms with Crippen LogP contribution in [0.15, 0.2) is 68.1 Å². The average molecular weight is 545 g/mol. The van der Waals surface area contributed by atoms with E-state index in [1.54, 1.807) is 0 Å². The molecule has 0 spiro atoms. The summed E-state index contributed by atoms with van der Waals surface area (Å²) in [5.41, 5.74) is 0. The minimum Gasteiger partial charge on any atom is -0.377 e. The van der Waals surface area contributed by atoms with Gasteiger partial charge in [0.05, 0.1) is 31.8 Å². The number of hydrogen-bond acceptors (Lipinski definition) is 8. The smallest absolute Gasteiger partial charge is 0.240 e. The fraction of sp³-hybridized carbons (Fsp3) is 0.455. The summed E-state index contributed by atoms with van der Waals surface area (Å²) in [6.07, 6.45) is 2.79. The Hall–Kier alpha value is -1.87. The normalized spacial score (nSPS) is 21.4. The lowest BCUT2D eigenvalue weighted by molar-refractivity contribution is 0.114. The van der Waals surface area contributed by atoms with E-state index in [-0.39, 0.29) is 44.9 Å². The van der Waals surface area contributed by atoms with Gasteiger partial charge >= 0.3 is 0 Å². The summed E-state index contributed by atoms with van der Waals surface area (Å²) < 4.78 is 93.1. The maximum absolute atomic E-state index is 13.3. The van der Waals surface area contributed by atoms with Crippen LogP contribution >= 0.6 is 0 Å². The molecule has 2 aromatic carbocycles. The summed E-state index contributed by atoms with van der Waals surface area (Å²) in [6.45, 7) is 1.35. The first-order chi connectivity index (χ1) is 16.6. The van der Waals surface area contributed by atoms with Crippen molar-refractivity contribution in [2.24, 2.45) is 0 Å². The predicted octanol–water partition coefficient (Wildman–Crippen LogP) is 1.43. The minimum atomic E-state index is -4.20. The average Bonchev–Trinajstić information content (AvgIpc) is 3.56. The summed E-state index contributed by atoms with van der Waals surface area (Å²) >= 11 is 0. The summed E-state index contributed by atoms with van der Waals surface area (Å²) in [6, 6.07) is 9.92. The number of sulfone groups is 1. The van der Waals surface area contributed by atoms with Crippen molar-refractivity contribution >= 4 is 29.9 Å². The molecule has 0 amide bonds. The Kier molecular flexibility index (Phi) is 7.95. The zero-order chi connectivity index (χ0) is 25.1. The van der Waals surface area contributed by atoms with Crippen LogP contribution < -0.4 is 9.44 Å². The summed E-state index contributed by atoms with van der Waals surface area (Å²) in [4.78, 5) is -0.948. The zero-order valence-electron chi connectivity index (χ0n) is 18.9. The van der Waals surface area contributed by atoms with Crippen molar-refractivity contribution in [3.8, 4) is 0 Å². The second kappa shape index (κ2) is 10.6. The van der Waals surface area contributed by atoms with E-state index in [0.717, 1.165) is 37.8 Å². The van der Waals surface area contributed by atoms with Crippen LogP contribution in [0.5, 0.6) is 0 Å². The van der Waals surface area contributed by atoms with Gasteiger partial charge in [-0.2, -0.15) is 0 Å². The predicted molar refractivity (Wildman–Crippen MR) is 127 cm³/mol. The molecule has 13 heteroatoms. The molecule has 2 N–H and O–H groups in total. The Balaban J connectivity index is 1.54. The monoisotopic (exact) mass is 544 g/mol. The number of hydrogen-bond donors (Lipinski definition) is 2. The van der Waals surface area contributed by atoms with Gasteiger partial charge in [-0.05, 0) is 62.1 Å². The highest BCUT2D eigenvalue weighted by molar-refractivity contribution is 7.92. The minimum absolute atomic E-state index is 0.0954. The largest absolute Gasteiger partial charge is 0.377 e. The molecule has 2 aliphatic heterocycles. The van der Waals surface area contributed by atoms with Gasteiger partial charge < -0.3 is 9.47 Å². The van der Waals surface area contributed by atoms with E-state index in [1.807, 2.05) is 0 Å². The second-order valence-electron chi connectivity index (χ2n) is 8.43. The van der Waals surface area contributed by atoms with Crippen LogP contribution in [0, 0.1) is 0 Å². The molecule has 192 valence electrons. The quantitative estimate of drug-likeness (QED) is 0.457. The van der Waals surface area contributed by atoms with Crippen LogP contribution in [-0.4, -0.2) is 63.8 Å². The van der Waals surface area contributed by atoms with E-state index in [4.69, 9.17) is 9.47 Å². The number of sulfonamides is 2. The fourth-order valence-electron chi connectivity index (χ4n) is 3.94. The van der Waals surface area contributed by atoms with E-state index in [1.165, 1.54) is 36.4 Å². The second-order valence-corrected chi connectivity index (χ2v) is 13.9. The third-order valence-electron chi connectivity index (χ3n) is 5.90. The molecular weight excluding hydrogens is 516 g/mol. The third kappa shape index (κ3) is 6.28. The Morgan fingerprint density at radius 2 is 1.06 bits per heavy atom.